The second kappa shape index (κ2) is 5.41. The lowest BCUT2D eigenvalue weighted by atomic mass is 10.1. The maximum absolute atomic E-state index is 11.5. The number of nitrogens with zero attached hydrogens (tertiary/aromatic N) is 3. The van der Waals surface area contributed by atoms with Gasteiger partial charge in [-0.2, -0.15) is 0 Å². The molecule has 0 N–H and O–H groups in total. The number of fused-ring (bicyclic) bond motifs is 2. The predicted octanol–water partition coefficient (Wildman–Crippen LogP) is 3.34. The van der Waals surface area contributed by atoms with Crippen LogP contribution in [0.4, 0.5) is 5.69 Å². The summed E-state index contributed by atoms with van der Waals surface area (Å²) >= 11 is 0. The Balaban J connectivity index is 1.80. The van der Waals surface area contributed by atoms with Crippen molar-refractivity contribution in [2.24, 2.45) is 0 Å². The van der Waals surface area contributed by atoms with E-state index in [1.807, 2.05) is 0 Å². The van der Waals surface area contributed by atoms with E-state index >= 15 is 0 Å². The van der Waals surface area contributed by atoms with Gasteiger partial charge in [-0.25, -0.2) is 9.42 Å². The Hall–Kier alpha value is -3.75. The molecule has 0 amide bonds. The summed E-state index contributed by atoms with van der Waals surface area (Å²) in [5.41, 5.74) is 0.588. The van der Waals surface area contributed by atoms with Gasteiger partial charge in [0.25, 0.3) is 0 Å². The average molecular weight is 339 g/mol. The number of hydrogen-bond donors (Lipinski definition) is 0. The van der Waals surface area contributed by atoms with Crippen molar-refractivity contribution in [3.63, 3.8) is 0 Å². The van der Waals surface area contributed by atoms with Crippen LogP contribution in [0.3, 0.4) is 0 Å². The molecule has 4 aromatic rings. The minimum atomic E-state index is -0.580. The van der Waals surface area contributed by atoms with Crippen LogP contribution in [-0.4, -0.2) is 15.2 Å². The van der Waals surface area contributed by atoms with Crippen LogP contribution in [0.2, 0.25) is 0 Å². The Labute approximate surface area is 138 Å². The first-order valence-corrected chi connectivity index (χ1v) is 7.15. The standard InChI is InChI=1S/C16H9N3O6/c1-8-6-14(20)24-13-7-9(2-3-10(8)13)23-12-5-4-11(19(21)22)15-16(12)18-25-17-15/h2-7H,1H3. The van der Waals surface area contributed by atoms with E-state index in [1.165, 1.54) is 18.2 Å². The van der Waals surface area contributed by atoms with E-state index in [4.69, 9.17) is 9.15 Å². The summed E-state index contributed by atoms with van der Waals surface area (Å²) in [6.07, 6.45) is 0. The zero-order valence-electron chi connectivity index (χ0n) is 12.8. The molecule has 9 nitrogen and oxygen atoms in total. The summed E-state index contributed by atoms with van der Waals surface area (Å²) in [7, 11) is 0. The molecule has 0 aliphatic heterocycles. The maximum atomic E-state index is 11.5. The van der Waals surface area contributed by atoms with Gasteiger partial charge < -0.3 is 9.15 Å². The molecule has 0 bridgehead atoms. The highest BCUT2D eigenvalue weighted by atomic mass is 16.6. The van der Waals surface area contributed by atoms with Crippen molar-refractivity contribution in [2.45, 2.75) is 6.92 Å². The minimum absolute atomic E-state index is 0.00864. The lowest BCUT2D eigenvalue weighted by Gasteiger charge is -2.07. The van der Waals surface area contributed by atoms with Gasteiger partial charge in [-0.1, -0.05) is 0 Å². The van der Waals surface area contributed by atoms with Gasteiger partial charge in [-0.05, 0) is 41.0 Å². The number of nitro groups is 1. The molecule has 0 aliphatic rings. The lowest BCUT2D eigenvalue weighted by Crippen LogP contribution is -1.98. The Kier molecular flexibility index (Phi) is 3.21. The summed E-state index contributed by atoms with van der Waals surface area (Å²) in [5.74, 6) is 0.607. The van der Waals surface area contributed by atoms with Crippen LogP contribution in [-0.2, 0) is 0 Å². The fourth-order valence-corrected chi connectivity index (χ4v) is 2.56. The van der Waals surface area contributed by atoms with Crippen LogP contribution in [0.15, 0.2) is 50.2 Å². The quantitative estimate of drug-likeness (QED) is 0.316. The minimum Gasteiger partial charge on any atom is -0.455 e. The summed E-state index contributed by atoms with van der Waals surface area (Å²) in [4.78, 5) is 21.9. The second-order valence-corrected chi connectivity index (χ2v) is 5.31. The number of non-ortho nitro benzene ring substituents is 1. The van der Waals surface area contributed by atoms with Gasteiger partial charge in [0, 0.05) is 23.6 Å². The Morgan fingerprint density at radius 2 is 1.92 bits per heavy atom. The molecule has 25 heavy (non-hydrogen) atoms. The molecule has 4 rings (SSSR count). The molecule has 0 spiro atoms. The summed E-state index contributed by atoms with van der Waals surface area (Å²) in [5, 5.41) is 19.0. The highest BCUT2D eigenvalue weighted by Gasteiger charge is 2.20. The van der Waals surface area contributed by atoms with Gasteiger partial charge in [-0.15, -0.1) is 0 Å². The van der Waals surface area contributed by atoms with Crippen molar-refractivity contribution in [3.05, 3.63) is 62.5 Å². The Morgan fingerprint density at radius 3 is 2.72 bits per heavy atom. The molecule has 124 valence electrons. The fourth-order valence-electron chi connectivity index (χ4n) is 2.56. The molecule has 0 atom stereocenters. The van der Waals surface area contributed by atoms with Gasteiger partial charge in [0.15, 0.2) is 11.3 Å². The normalized spacial score (nSPS) is 11.1. The number of benzene rings is 2. The first kappa shape index (κ1) is 14.8. The Bertz CT molecular complexity index is 1190. The average Bonchev–Trinajstić information content (AvgIpc) is 3.04. The largest absolute Gasteiger partial charge is 0.455 e. The molecular formula is C16H9N3O6. The van der Waals surface area contributed by atoms with Crippen LogP contribution in [0.5, 0.6) is 11.5 Å². The van der Waals surface area contributed by atoms with Crippen molar-refractivity contribution in [2.75, 3.05) is 0 Å². The monoisotopic (exact) mass is 339 g/mol. The van der Waals surface area contributed by atoms with Crippen molar-refractivity contribution in [3.8, 4) is 11.5 Å². The van der Waals surface area contributed by atoms with Crippen molar-refractivity contribution < 1.29 is 18.7 Å². The molecule has 0 aliphatic carbocycles. The van der Waals surface area contributed by atoms with Crippen LogP contribution in [0, 0.1) is 17.0 Å². The topological polar surface area (TPSA) is 122 Å². The van der Waals surface area contributed by atoms with Gasteiger partial charge in [0.05, 0.1) is 4.92 Å². The van der Waals surface area contributed by atoms with Crippen LogP contribution >= 0.6 is 0 Å². The third kappa shape index (κ3) is 2.47. The van der Waals surface area contributed by atoms with Crippen LogP contribution in [0.1, 0.15) is 5.56 Å². The van der Waals surface area contributed by atoms with E-state index in [-0.39, 0.29) is 22.5 Å². The van der Waals surface area contributed by atoms with Crippen molar-refractivity contribution >= 4 is 27.7 Å². The zero-order chi connectivity index (χ0) is 17.6. The van der Waals surface area contributed by atoms with E-state index in [0.29, 0.717) is 11.3 Å². The van der Waals surface area contributed by atoms with E-state index in [0.717, 1.165) is 10.9 Å². The van der Waals surface area contributed by atoms with Gasteiger partial charge >= 0.3 is 11.3 Å². The molecule has 0 saturated carbocycles. The Morgan fingerprint density at radius 1 is 1.12 bits per heavy atom. The van der Waals surface area contributed by atoms with Gasteiger partial charge in [0.1, 0.15) is 11.3 Å². The molecule has 0 saturated heterocycles. The first-order valence-electron chi connectivity index (χ1n) is 7.15. The number of rotatable bonds is 3. The van der Waals surface area contributed by atoms with Crippen molar-refractivity contribution in [1.82, 2.24) is 10.3 Å². The molecule has 0 fully saturated rings. The number of hydrogen-bond acceptors (Lipinski definition) is 8. The summed E-state index contributed by atoms with van der Waals surface area (Å²) in [6.45, 7) is 1.81. The molecular weight excluding hydrogens is 330 g/mol. The number of ether oxygens (including phenoxy) is 1. The van der Waals surface area contributed by atoms with E-state index < -0.39 is 10.5 Å². The second-order valence-electron chi connectivity index (χ2n) is 5.31. The first-order chi connectivity index (χ1) is 12.0. The van der Waals surface area contributed by atoms with E-state index in [2.05, 4.69) is 14.9 Å². The number of aromatic nitrogens is 2. The van der Waals surface area contributed by atoms with Crippen molar-refractivity contribution in [1.29, 1.82) is 0 Å². The van der Waals surface area contributed by atoms with Gasteiger partial charge in [0.2, 0.25) is 5.52 Å². The SMILES string of the molecule is Cc1cc(=O)oc2cc(Oc3ccc([N+](=O)[O-])c4nonc34)ccc12. The summed E-state index contributed by atoms with van der Waals surface area (Å²) < 4.78 is 15.5. The van der Waals surface area contributed by atoms with Gasteiger partial charge in [-0.3, -0.25) is 10.1 Å². The van der Waals surface area contributed by atoms with Crippen LogP contribution in [0.25, 0.3) is 22.0 Å². The molecule has 2 heterocycles. The highest BCUT2D eigenvalue weighted by Crippen LogP contribution is 2.34. The number of nitro benzene ring substituents is 1. The van der Waals surface area contributed by atoms with Crippen LogP contribution < -0.4 is 10.4 Å². The zero-order valence-corrected chi connectivity index (χ0v) is 12.8. The summed E-state index contributed by atoms with van der Waals surface area (Å²) in [6, 6.07) is 9.07. The molecule has 9 heteroatoms. The number of aryl methyl sites for hydroxylation is 1. The van der Waals surface area contributed by atoms with E-state index in [1.54, 1.807) is 25.1 Å². The van der Waals surface area contributed by atoms with E-state index in [9.17, 15) is 14.9 Å². The third-order valence-corrected chi connectivity index (χ3v) is 3.70. The molecule has 2 aromatic heterocycles. The third-order valence-electron chi connectivity index (χ3n) is 3.70. The fraction of sp³-hybridized carbons (Fsp3) is 0.0625. The molecule has 0 unspecified atom stereocenters. The predicted molar refractivity (Wildman–Crippen MR) is 85.8 cm³/mol. The highest BCUT2D eigenvalue weighted by molar-refractivity contribution is 5.88. The molecule has 2 aromatic carbocycles. The lowest BCUT2D eigenvalue weighted by molar-refractivity contribution is -0.383. The molecule has 0 radical (unpaired) electrons. The maximum Gasteiger partial charge on any atom is 0.336 e. The smallest absolute Gasteiger partial charge is 0.336 e.